The average Bonchev–Trinajstić information content (AvgIpc) is 2.52. The van der Waals surface area contributed by atoms with Crippen molar-refractivity contribution in [3.63, 3.8) is 0 Å². The van der Waals surface area contributed by atoms with Crippen LogP contribution in [0.2, 0.25) is 0 Å². The lowest BCUT2D eigenvalue weighted by atomic mass is 10.1. The van der Waals surface area contributed by atoms with Gasteiger partial charge in [0.15, 0.2) is 6.10 Å². The number of hydrogen-bond donors (Lipinski definition) is 3. The molecule has 0 saturated carbocycles. The smallest absolute Gasteiger partial charge is 0.320 e. The van der Waals surface area contributed by atoms with E-state index in [0.717, 1.165) is 12.3 Å². The lowest BCUT2D eigenvalue weighted by Crippen LogP contribution is -2.41. The summed E-state index contributed by atoms with van der Waals surface area (Å²) < 4.78 is 32.9. The van der Waals surface area contributed by atoms with Crippen LogP contribution in [0.4, 0.5) is 14.5 Å². The number of aliphatic hydroxyl groups excluding tert-OH is 2. The SMILES string of the molecule is Cl.Nc1ccn(C2O[C@H](CO)[C@H](O)C2(F)F)c(=O)c1. The van der Waals surface area contributed by atoms with Crippen LogP contribution in [-0.4, -0.2) is 39.5 Å². The molecule has 0 aromatic carbocycles. The van der Waals surface area contributed by atoms with Crippen molar-refractivity contribution in [1.29, 1.82) is 0 Å². The maximum Gasteiger partial charge on any atom is 0.320 e. The molecule has 0 spiro atoms. The van der Waals surface area contributed by atoms with Gasteiger partial charge < -0.3 is 20.7 Å². The minimum absolute atomic E-state index is 0. The fraction of sp³-hybridized carbons (Fsp3) is 0.500. The molecule has 1 aliphatic rings. The molecule has 1 unspecified atom stereocenters. The molecule has 1 fully saturated rings. The minimum Gasteiger partial charge on any atom is -0.399 e. The van der Waals surface area contributed by atoms with Crippen LogP contribution in [0.1, 0.15) is 6.23 Å². The molecule has 0 radical (unpaired) electrons. The van der Waals surface area contributed by atoms with Gasteiger partial charge in [-0.1, -0.05) is 0 Å². The Balaban J connectivity index is 0.00000180. The number of rotatable bonds is 2. The molecule has 2 rings (SSSR count). The van der Waals surface area contributed by atoms with Crippen molar-refractivity contribution in [2.24, 2.45) is 0 Å². The molecule has 1 aromatic heterocycles. The Bertz CT molecular complexity index is 511. The summed E-state index contributed by atoms with van der Waals surface area (Å²) in [5, 5.41) is 18.1. The highest BCUT2D eigenvalue weighted by atomic mass is 35.5. The Morgan fingerprint density at radius 1 is 1.53 bits per heavy atom. The van der Waals surface area contributed by atoms with E-state index >= 15 is 0 Å². The molecule has 0 aliphatic carbocycles. The second-order valence-electron chi connectivity index (χ2n) is 4.03. The van der Waals surface area contributed by atoms with Crippen LogP contribution in [-0.2, 0) is 4.74 Å². The number of nitrogens with two attached hydrogens (primary N) is 1. The van der Waals surface area contributed by atoms with Crippen LogP contribution in [0.15, 0.2) is 23.1 Å². The standard InChI is InChI=1S/C10H12F2N2O4.ClH/c11-10(12)8(17)6(4-15)18-9(10)14-2-1-5(13)3-7(14)16;/h1-3,6,8-9,15,17H,4,13H2;1H/t6-,8+,9?;/m1./s1. The van der Waals surface area contributed by atoms with Crippen LogP contribution in [0.5, 0.6) is 0 Å². The Labute approximate surface area is 112 Å². The predicted octanol–water partition coefficient (Wildman–Crippen LogP) is -0.262. The second-order valence-corrected chi connectivity index (χ2v) is 4.03. The summed E-state index contributed by atoms with van der Waals surface area (Å²) >= 11 is 0. The molecular weight excluding hydrogens is 286 g/mol. The summed E-state index contributed by atoms with van der Waals surface area (Å²) in [6.45, 7) is -0.767. The third-order valence-electron chi connectivity index (χ3n) is 2.78. The highest BCUT2D eigenvalue weighted by Gasteiger charge is 2.59. The van der Waals surface area contributed by atoms with Gasteiger partial charge in [-0.05, 0) is 6.07 Å². The summed E-state index contributed by atoms with van der Waals surface area (Å²) in [4.78, 5) is 11.5. The third kappa shape index (κ3) is 2.57. The highest BCUT2D eigenvalue weighted by molar-refractivity contribution is 5.85. The maximum absolute atomic E-state index is 13.7. The van der Waals surface area contributed by atoms with Gasteiger partial charge in [-0.3, -0.25) is 9.36 Å². The number of nitrogen functional groups attached to an aromatic ring is 1. The monoisotopic (exact) mass is 298 g/mol. The van der Waals surface area contributed by atoms with Gasteiger partial charge in [-0.15, -0.1) is 12.4 Å². The number of anilines is 1. The van der Waals surface area contributed by atoms with Gasteiger partial charge in [0.1, 0.15) is 6.10 Å². The largest absolute Gasteiger partial charge is 0.399 e. The first-order valence-corrected chi connectivity index (χ1v) is 5.17. The van der Waals surface area contributed by atoms with Crippen molar-refractivity contribution in [3.8, 4) is 0 Å². The van der Waals surface area contributed by atoms with E-state index in [1.807, 2.05) is 0 Å². The van der Waals surface area contributed by atoms with E-state index in [0.29, 0.717) is 4.57 Å². The van der Waals surface area contributed by atoms with Crippen molar-refractivity contribution in [2.45, 2.75) is 24.4 Å². The predicted molar refractivity (Wildman–Crippen MR) is 64.3 cm³/mol. The lowest BCUT2D eigenvalue weighted by molar-refractivity contribution is -0.140. The zero-order valence-electron chi connectivity index (χ0n) is 9.57. The molecule has 6 nitrogen and oxygen atoms in total. The molecule has 0 amide bonds. The normalized spacial score (nSPS) is 28.9. The summed E-state index contributed by atoms with van der Waals surface area (Å²) in [6, 6.07) is 2.23. The molecule has 1 aliphatic heterocycles. The van der Waals surface area contributed by atoms with Gasteiger partial charge in [0.2, 0.25) is 6.23 Å². The van der Waals surface area contributed by atoms with Crippen LogP contribution in [0.3, 0.4) is 0 Å². The molecule has 1 aromatic rings. The molecule has 108 valence electrons. The fourth-order valence-electron chi connectivity index (χ4n) is 1.82. The number of nitrogens with zero attached hydrogens (tertiary/aromatic N) is 1. The van der Waals surface area contributed by atoms with Crippen molar-refractivity contribution in [1.82, 2.24) is 4.57 Å². The quantitative estimate of drug-likeness (QED) is 0.699. The van der Waals surface area contributed by atoms with E-state index in [-0.39, 0.29) is 18.1 Å². The van der Waals surface area contributed by atoms with E-state index < -0.39 is 36.5 Å². The molecule has 4 N–H and O–H groups in total. The van der Waals surface area contributed by atoms with Crippen molar-refractivity contribution >= 4 is 18.1 Å². The number of ether oxygens (including phenoxy) is 1. The zero-order valence-corrected chi connectivity index (χ0v) is 10.4. The summed E-state index contributed by atoms with van der Waals surface area (Å²) in [5.41, 5.74) is 4.71. The van der Waals surface area contributed by atoms with Crippen molar-refractivity contribution < 1.29 is 23.7 Å². The van der Waals surface area contributed by atoms with Gasteiger partial charge in [-0.2, -0.15) is 8.78 Å². The second kappa shape index (κ2) is 5.41. The van der Waals surface area contributed by atoms with Crippen LogP contribution in [0, 0.1) is 0 Å². The first kappa shape index (κ1) is 15.8. The molecule has 1 saturated heterocycles. The molecule has 3 atom stereocenters. The van der Waals surface area contributed by atoms with E-state index in [2.05, 4.69) is 0 Å². The van der Waals surface area contributed by atoms with Crippen LogP contribution >= 0.6 is 12.4 Å². The first-order valence-electron chi connectivity index (χ1n) is 5.17. The number of halogens is 3. The maximum atomic E-state index is 13.7. The Hall–Kier alpha value is -1.22. The van der Waals surface area contributed by atoms with Crippen molar-refractivity contribution in [2.75, 3.05) is 12.3 Å². The van der Waals surface area contributed by atoms with Gasteiger partial charge in [0.05, 0.1) is 6.61 Å². The van der Waals surface area contributed by atoms with Gasteiger partial charge in [0.25, 0.3) is 5.56 Å². The molecular formula is C10H13ClF2N2O4. The van der Waals surface area contributed by atoms with Crippen LogP contribution in [0.25, 0.3) is 0 Å². The number of alkyl halides is 2. The number of aromatic nitrogens is 1. The summed E-state index contributed by atoms with van der Waals surface area (Å²) in [6.07, 6.45) is -4.51. The van der Waals surface area contributed by atoms with E-state index in [9.17, 15) is 18.7 Å². The van der Waals surface area contributed by atoms with Crippen molar-refractivity contribution in [3.05, 3.63) is 28.7 Å². The number of pyridine rings is 1. The molecule has 0 bridgehead atoms. The molecule has 19 heavy (non-hydrogen) atoms. The van der Waals surface area contributed by atoms with Gasteiger partial charge in [0, 0.05) is 18.0 Å². The topological polar surface area (TPSA) is 97.7 Å². The zero-order chi connectivity index (χ0) is 13.5. The lowest BCUT2D eigenvalue weighted by Gasteiger charge is -2.21. The Morgan fingerprint density at radius 3 is 2.63 bits per heavy atom. The minimum atomic E-state index is -3.67. The highest BCUT2D eigenvalue weighted by Crippen LogP contribution is 2.41. The van der Waals surface area contributed by atoms with E-state index in [1.54, 1.807) is 0 Å². The first-order chi connectivity index (χ1) is 8.37. The fourth-order valence-corrected chi connectivity index (χ4v) is 1.82. The molecule has 9 heteroatoms. The Morgan fingerprint density at radius 2 is 2.16 bits per heavy atom. The summed E-state index contributed by atoms with van der Waals surface area (Å²) in [5.74, 6) is -3.67. The number of aliphatic hydroxyl groups is 2. The third-order valence-corrected chi connectivity index (χ3v) is 2.78. The molecule has 2 heterocycles. The van der Waals surface area contributed by atoms with E-state index in [4.69, 9.17) is 15.6 Å². The Kier molecular flexibility index (Phi) is 4.51. The average molecular weight is 299 g/mol. The van der Waals surface area contributed by atoms with Crippen LogP contribution < -0.4 is 11.3 Å². The van der Waals surface area contributed by atoms with E-state index in [1.165, 1.54) is 6.07 Å². The van der Waals surface area contributed by atoms with Gasteiger partial charge in [-0.25, -0.2) is 0 Å². The number of hydrogen-bond acceptors (Lipinski definition) is 5. The van der Waals surface area contributed by atoms with Gasteiger partial charge >= 0.3 is 5.92 Å². The summed E-state index contributed by atoms with van der Waals surface area (Å²) in [7, 11) is 0.